The minimum atomic E-state index is 0.954. The lowest BCUT2D eigenvalue weighted by molar-refractivity contribution is 1.18. The molecule has 0 unspecified atom stereocenters. The van der Waals surface area contributed by atoms with E-state index >= 15 is 0 Å². The van der Waals surface area contributed by atoms with Crippen LogP contribution in [0.1, 0.15) is 0 Å². The normalized spacial score (nSPS) is 11.6. The molecule has 9 heterocycles. The molecule has 0 saturated carbocycles. The third-order valence-electron chi connectivity index (χ3n) is 28.2. The molecule has 0 fully saturated rings. The number of hydrogen-bond acceptors (Lipinski definition) is 6. The van der Waals surface area contributed by atoms with Crippen molar-refractivity contribution in [2.75, 3.05) is 0 Å². The lowest BCUT2D eigenvalue weighted by Crippen LogP contribution is -1.94. The number of para-hydroxylation sites is 6. The van der Waals surface area contributed by atoms with E-state index in [9.17, 15) is 0 Å². The highest BCUT2D eigenvalue weighted by Crippen LogP contribution is 2.48. The van der Waals surface area contributed by atoms with Crippen molar-refractivity contribution >= 4 is 160 Å². The van der Waals surface area contributed by atoms with Gasteiger partial charge in [0, 0.05) is 143 Å². The van der Waals surface area contributed by atoms with Crippen LogP contribution < -0.4 is 0 Å². The summed E-state index contributed by atoms with van der Waals surface area (Å²) in [5, 5.41) is 15.3. The predicted molar refractivity (Wildman–Crippen MR) is 614 cm³/mol. The second-order valence-corrected chi connectivity index (χ2v) is 40.0. The summed E-state index contributed by atoms with van der Waals surface area (Å²) >= 11 is 5.53. The van der Waals surface area contributed by atoms with Gasteiger partial charge in [0.1, 0.15) is 0 Å². The Kier molecular flexibility index (Phi) is 21.4. The van der Waals surface area contributed by atoms with E-state index in [1.165, 1.54) is 165 Å². The van der Waals surface area contributed by atoms with Crippen LogP contribution >= 0.6 is 34.0 Å². The zero-order chi connectivity index (χ0) is 95.1. The van der Waals surface area contributed by atoms with Crippen LogP contribution in [0.4, 0.5) is 0 Å². The molecule has 0 saturated heterocycles. The van der Waals surface area contributed by atoms with Gasteiger partial charge >= 0.3 is 0 Å². The van der Waals surface area contributed by atoms with E-state index in [2.05, 4.69) is 535 Å². The SMILES string of the molecule is c1ccc(-c2cc(-c3ccc4c(c3)c3ccccc3n4-c3ccccc3)cc(-c3ccc4sc5ccccc5c4c3)n2)cc1.c1ccc(-c2ccc(-c3cc(-c4cccc5c4c4ccccc4n5-c4ccccc4)cc(-c4ccc5c(c4)sc4ccccc45)n3)cc2)cc1.c1ccc(-c2cccc(-c3cc(-c4ccc5c6ccccc6n(-c6ccccc6)c5c4)cc(-c4ccc5c(c4)sc4ccccc45)n3)c2)cc1. The lowest BCUT2D eigenvalue weighted by Gasteiger charge is -2.13. The number of pyridine rings is 3. The Morgan fingerprint density at radius 1 is 0.132 bits per heavy atom. The highest BCUT2D eigenvalue weighted by atomic mass is 32.1. The molecule has 29 rings (SSSR count). The largest absolute Gasteiger partial charge is 0.309 e. The first-order valence-corrected chi connectivity index (χ1v) is 51.2. The van der Waals surface area contributed by atoms with Gasteiger partial charge in [-0.25, -0.2) is 15.0 Å². The van der Waals surface area contributed by atoms with Gasteiger partial charge in [-0.2, -0.15) is 0 Å². The van der Waals surface area contributed by atoms with Crippen LogP contribution in [0.2, 0.25) is 0 Å². The maximum absolute atomic E-state index is 5.36. The van der Waals surface area contributed by atoms with Crippen molar-refractivity contribution in [3.05, 3.63) is 522 Å². The molecule has 0 spiro atoms. The molecule has 0 radical (unpaired) electrons. The van der Waals surface area contributed by atoms with Crippen LogP contribution in [0.25, 0.3) is 266 Å². The molecule has 0 atom stereocenters. The molecular formula is C135H86N6S3. The lowest BCUT2D eigenvalue weighted by atomic mass is 9.95. The number of hydrogen-bond donors (Lipinski definition) is 0. The Balaban J connectivity index is 0.000000108. The van der Waals surface area contributed by atoms with E-state index < -0.39 is 0 Å². The standard InChI is InChI=1S/2C47H30N2S.C41H26N2S/c1-3-12-31(13-4-1)32-14-11-15-34(26-32)42-27-36(28-43(48-42)35-23-25-41-40-19-8-10-21-46(40)50-47(41)30-35)33-22-24-39-38-18-7-9-20-44(38)49(45(39)29-33)37-16-5-2-6-17-37;1-3-12-31(13-4-1)32-22-24-33(25-23-32)41-28-35(29-42(48-41)34-26-27-39-38-16-8-10-21-45(38)50-46(39)30-34)37-18-11-20-44-47(37)40-17-7-9-19-43(40)49(44)36-14-5-2-6-15-36;1-3-11-27(12-4-1)36-25-30(26-37(42-36)29-20-22-41-35(24-29)33-16-8-10-18-40(33)44-41)28-19-21-39-34(23-28)32-15-7-9-17-38(32)43(39)31-13-5-2-6-14-31/h2*1-30H;1-26H. The van der Waals surface area contributed by atoms with Gasteiger partial charge in [-0.05, 0) is 219 Å². The molecule has 29 aromatic rings. The molecule has 6 nitrogen and oxygen atoms in total. The monoisotopic (exact) mass is 1890 g/mol. The molecule has 0 aliphatic rings. The van der Waals surface area contributed by atoms with Crippen LogP contribution in [0.3, 0.4) is 0 Å². The third kappa shape index (κ3) is 15.6. The van der Waals surface area contributed by atoms with Gasteiger partial charge in [0.05, 0.1) is 67.3 Å². The van der Waals surface area contributed by atoms with Crippen molar-refractivity contribution in [1.82, 2.24) is 28.7 Å². The number of thiophene rings is 3. The Hall–Kier alpha value is -18.1. The highest BCUT2D eigenvalue weighted by Gasteiger charge is 2.24. The Morgan fingerprint density at radius 2 is 0.417 bits per heavy atom. The van der Waals surface area contributed by atoms with E-state index in [0.717, 1.165) is 101 Å². The Labute approximate surface area is 843 Å². The molecular weight excluding hydrogens is 1800 g/mol. The number of benzene rings is 20. The molecule has 0 aliphatic heterocycles. The van der Waals surface area contributed by atoms with E-state index in [1.54, 1.807) is 0 Å². The Morgan fingerprint density at radius 3 is 0.958 bits per heavy atom. The summed E-state index contributed by atoms with van der Waals surface area (Å²) in [7, 11) is 0. The molecule has 674 valence electrons. The van der Waals surface area contributed by atoms with Crippen molar-refractivity contribution in [1.29, 1.82) is 0 Å². The van der Waals surface area contributed by atoms with Crippen LogP contribution in [-0.2, 0) is 0 Å². The van der Waals surface area contributed by atoms with Crippen molar-refractivity contribution in [2.45, 2.75) is 0 Å². The van der Waals surface area contributed by atoms with Crippen LogP contribution in [0.5, 0.6) is 0 Å². The highest BCUT2D eigenvalue weighted by molar-refractivity contribution is 7.26. The smallest absolute Gasteiger partial charge is 0.0716 e. The number of rotatable bonds is 14. The van der Waals surface area contributed by atoms with Crippen LogP contribution in [-0.4, -0.2) is 28.7 Å². The number of fused-ring (bicyclic) bond motifs is 18. The van der Waals surface area contributed by atoms with E-state index in [4.69, 9.17) is 15.0 Å². The summed E-state index contributed by atoms with van der Waals surface area (Å²) < 4.78 is 14.9. The summed E-state index contributed by atoms with van der Waals surface area (Å²) in [5.41, 5.74) is 34.9. The zero-order valence-electron chi connectivity index (χ0n) is 78.1. The second kappa shape index (κ2) is 36.3. The Bertz CT molecular complexity index is 10000. The average Bonchev–Trinajstić information content (AvgIpc) is 1.58. The van der Waals surface area contributed by atoms with Crippen LogP contribution in [0, 0.1) is 0 Å². The minimum absolute atomic E-state index is 0.954. The molecule has 0 N–H and O–H groups in total. The maximum atomic E-state index is 5.36. The van der Waals surface area contributed by atoms with E-state index in [0.29, 0.717) is 0 Å². The first-order valence-electron chi connectivity index (χ1n) is 48.8. The molecule has 9 aromatic heterocycles. The van der Waals surface area contributed by atoms with Crippen molar-refractivity contribution < 1.29 is 0 Å². The first-order chi connectivity index (χ1) is 71.3. The van der Waals surface area contributed by atoms with E-state index in [1.807, 2.05) is 34.0 Å². The van der Waals surface area contributed by atoms with Gasteiger partial charge in [-0.15, -0.1) is 34.0 Å². The van der Waals surface area contributed by atoms with Gasteiger partial charge in [0.15, 0.2) is 0 Å². The summed E-state index contributed by atoms with van der Waals surface area (Å²) in [6.45, 7) is 0. The molecule has 0 amide bonds. The zero-order valence-corrected chi connectivity index (χ0v) is 80.5. The van der Waals surface area contributed by atoms with Gasteiger partial charge < -0.3 is 13.7 Å². The topological polar surface area (TPSA) is 53.5 Å². The fourth-order valence-electron chi connectivity index (χ4n) is 21.3. The summed E-state index contributed by atoms with van der Waals surface area (Å²) in [6.07, 6.45) is 0. The predicted octanol–water partition coefficient (Wildman–Crippen LogP) is 38.0. The molecule has 20 aromatic carbocycles. The molecule has 144 heavy (non-hydrogen) atoms. The third-order valence-corrected chi connectivity index (χ3v) is 31.6. The summed E-state index contributed by atoms with van der Waals surface area (Å²) in [6, 6.07) is 188. The summed E-state index contributed by atoms with van der Waals surface area (Å²) in [5.74, 6) is 0. The van der Waals surface area contributed by atoms with Gasteiger partial charge in [-0.3, -0.25) is 0 Å². The average molecular weight is 1890 g/mol. The number of aromatic nitrogens is 6. The van der Waals surface area contributed by atoms with Crippen molar-refractivity contribution in [3.63, 3.8) is 0 Å². The van der Waals surface area contributed by atoms with Gasteiger partial charge in [0.25, 0.3) is 0 Å². The molecule has 9 heteroatoms. The summed E-state index contributed by atoms with van der Waals surface area (Å²) in [4.78, 5) is 15.9. The minimum Gasteiger partial charge on any atom is -0.309 e. The van der Waals surface area contributed by atoms with E-state index in [-0.39, 0.29) is 0 Å². The van der Waals surface area contributed by atoms with Crippen molar-refractivity contribution in [3.8, 4) is 140 Å². The maximum Gasteiger partial charge on any atom is 0.0716 e. The van der Waals surface area contributed by atoms with Crippen molar-refractivity contribution in [2.24, 2.45) is 0 Å². The molecule has 0 aliphatic carbocycles. The number of nitrogens with zero attached hydrogens (tertiary/aromatic N) is 6. The van der Waals surface area contributed by atoms with Gasteiger partial charge in [0.2, 0.25) is 0 Å². The molecule has 0 bridgehead atoms. The quantitative estimate of drug-likeness (QED) is 0.109. The fraction of sp³-hybridized carbons (Fsp3) is 0. The first kappa shape index (κ1) is 85.1. The van der Waals surface area contributed by atoms with Crippen LogP contribution in [0.15, 0.2) is 522 Å². The second-order valence-electron chi connectivity index (χ2n) is 36.8. The fourth-order valence-corrected chi connectivity index (χ4v) is 24.7. The van der Waals surface area contributed by atoms with Gasteiger partial charge in [-0.1, -0.05) is 358 Å².